The van der Waals surface area contributed by atoms with E-state index in [9.17, 15) is 18.3 Å². The van der Waals surface area contributed by atoms with E-state index in [4.69, 9.17) is 4.74 Å². The Bertz CT molecular complexity index is 462. The third-order valence-corrected chi connectivity index (χ3v) is 3.60. The maximum atomic E-state index is 12.3. The summed E-state index contributed by atoms with van der Waals surface area (Å²) in [5.41, 5.74) is 0.405. The number of para-hydroxylation sites is 1. The van der Waals surface area contributed by atoms with E-state index in [-0.39, 0.29) is 5.75 Å². The highest BCUT2D eigenvalue weighted by Crippen LogP contribution is 2.28. The van der Waals surface area contributed by atoms with Gasteiger partial charge in [0.2, 0.25) is 0 Å². The topological polar surface area (TPSA) is 44.7 Å². The maximum Gasteiger partial charge on any atom is 0.422 e. The van der Waals surface area contributed by atoms with E-state index in [1.807, 2.05) is 0 Å². The molecule has 1 saturated heterocycles. The van der Waals surface area contributed by atoms with Crippen LogP contribution in [0.25, 0.3) is 0 Å². The standard InChI is InChI=1S/C15H21F3N2O2/c16-15(17,18)11-22-14-4-2-1-3-12(14)13(21)5-8-20-9-6-19-7-10-20/h1-4,13,19,21H,5-11H2. The Morgan fingerprint density at radius 2 is 1.91 bits per heavy atom. The summed E-state index contributed by atoms with van der Waals surface area (Å²) in [4.78, 5) is 2.22. The van der Waals surface area contributed by atoms with E-state index < -0.39 is 18.9 Å². The molecule has 1 aliphatic heterocycles. The molecule has 22 heavy (non-hydrogen) atoms. The first-order chi connectivity index (χ1) is 10.5. The SMILES string of the molecule is OC(CCN1CCNCC1)c1ccccc1OCC(F)(F)F. The minimum Gasteiger partial charge on any atom is -0.484 e. The largest absolute Gasteiger partial charge is 0.484 e. The Balaban J connectivity index is 1.92. The molecule has 1 aromatic carbocycles. The highest BCUT2D eigenvalue weighted by molar-refractivity contribution is 5.35. The van der Waals surface area contributed by atoms with E-state index in [0.717, 1.165) is 26.2 Å². The molecule has 2 N–H and O–H groups in total. The van der Waals surface area contributed by atoms with Gasteiger partial charge in [0.05, 0.1) is 6.10 Å². The predicted octanol–water partition coefficient (Wildman–Crippen LogP) is 1.96. The molecule has 0 spiro atoms. The number of aliphatic hydroxyl groups is 1. The molecule has 0 bridgehead atoms. The van der Waals surface area contributed by atoms with Crippen LogP contribution in [-0.4, -0.2) is 55.5 Å². The third kappa shape index (κ3) is 5.47. The van der Waals surface area contributed by atoms with Crippen molar-refractivity contribution in [3.05, 3.63) is 29.8 Å². The number of hydrogen-bond acceptors (Lipinski definition) is 4. The number of benzene rings is 1. The molecule has 1 atom stereocenters. The first-order valence-corrected chi connectivity index (χ1v) is 7.35. The van der Waals surface area contributed by atoms with Crippen molar-refractivity contribution in [2.75, 3.05) is 39.3 Å². The molecule has 1 unspecified atom stereocenters. The number of piperazine rings is 1. The monoisotopic (exact) mass is 318 g/mol. The Hall–Kier alpha value is -1.31. The molecular weight excluding hydrogens is 297 g/mol. The van der Waals surface area contributed by atoms with Crippen LogP contribution in [0, 0.1) is 0 Å². The first kappa shape index (κ1) is 17.1. The maximum absolute atomic E-state index is 12.3. The van der Waals surface area contributed by atoms with E-state index in [1.54, 1.807) is 18.2 Å². The highest BCUT2D eigenvalue weighted by atomic mass is 19.4. The zero-order valence-corrected chi connectivity index (χ0v) is 12.3. The van der Waals surface area contributed by atoms with Gasteiger partial charge in [-0.25, -0.2) is 0 Å². The van der Waals surface area contributed by atoms with Crippen molar-refractivity contribution in [1.82, 2.24) is 10.2 Å². The summed E-state index contributed by atoms with van der Waals surface area (Å²) in [5, 5.41) is 13.5. The normalized spacial score (nSPS) is 18.2. The van der Waals surface area contributed by atoms with Gasteiger partial charge in [-0.05, 0) is 12.5 Å². The molecule has 4 nitrogen and oxygen atoms in total. The van der Waals surface area contributed by atoms with Gasteiger partial charge in [0.25, 0.3) is 0 Å². The Labute approximate surface area is 127 Å². The van der Waals surface area contributed by atoms with Gasteiger partial charge in [0.15, 0.2) is 6.61 Å². The van der Waals surface area contributed by atoms with Gasteiger partial charge >= 0.3 is 6.18 Å². The quantitative estimate of drug-likeness (QED) is 0.842. The fourth-order valence-corrected chi connectivity index (χ4v) is 2.44. The molecule has 0 radical (unpaired) electrons. The van der Waals surface area contributed by atoms with Crippen LogP contribution < -0.4 is 10.1 Å². The second-order valence-corrected chi connectivity index (χ2v) is 5.34. The van der Waals surface area contributed by atoms with Gasteiger partial charge in [-0.1, -0.05) is 18.2 Å². The molecule has 1 aliphatic rings. The lowest BCUT2D eigenvalue weighted by molar-refractivity contribution is -0.153. The zero-order valence-electron chi connectivity index (χ0n) is 12.3. The van der Waals surface area contributed by atoms with Crippen LogP contribution in [0.3, 0.4) is 0 Å². The summed E-state index contributed by atoms with van der Waals surface area (Å²) < 4.78 is 41.6. The average Bonchev–Trinajstić information content (AvgIpc) is 2.51. The second kappa shape index (κ2) is 7.80. The van der Waals surface area contributed by atoms with Crippen LogP contribution in [0.4, 0.5) is 13.2 Å². The molecule has 7 heteroatoms. The minimum atomic E-state index is -4.39. The van der Waals surface area contributed by atoms with Gasteiger partial charge in [-0.2, -0.15) is 13.2 Å². The van der Waals surface area contributed by atoms with Crippen molar-refractivity contribution in [1.29, 1.82) is 0 Å². The van der Waals surface area contributed by atoms with E-state index in [0.29, 0.717) is 18.5 Å². The molecule has 0 aliphatic carbocycles. The number of nitrogens with zero attached hydrogens (tertiary/aromatic N) is 1. The van der Waals surface area contributed by atoms with Gasteiger partial charge in [0, 0.05) is 38.3 Å². The molecule has 1 aromatic rings. The van der Waals surface area contributed by atoms with Crippen LogP contribution in [0.15, 0.2) is 24.3 Å². The van der Waals surface area contributed by atoms with Crippen LogP contribution in [0.1, 0.15) is 18.1 Å². The van der Waals surface area contributed by atoms with Gasteiger partial charge in [-0.3, -0.25) is 0 Å². The summed E-state index contributed by atoms with van der Waals surface area (Å²) in [6.07, 6.45) is -4.76. The lowest BCUT2D eigenvalue weighted by Crippen LogP contribution is -2.44. The minimum absolute atomic E-state index is 0.0904. The van der Waals surface area contributed by atoms with Crippen LogP contribution in [0.2, 0.25) is 0 Å². The van der Waals surface area contributed by atoms with Crippen molar-refractivity contribution in [2.45, 2.75) is 18.7 Å². The molecule has 124 valence electrons. The van der Waals surface area contributed by atoms with E-state index in [1.165, 1.54) is 6.07 Å². The molecular formula is C15H21F3N2O2. The van der Waals surface area contributed by atoms with Gasteiger partial charge in [-0.15, -0.1) is 0 Å². The molecule has 1 fully saturated rings. The van der Waals surface area contributed by atoms with E-state index >= 15 is 0 Å². The number of ether oxygens (including phenoxy) is 1. The summed E-state index contributed by atoms with van der Waals surface area (Å²) in [6, 6.07) is 6.34. The van der Waals surface area contributed by atoms with Crippen LogP contribution >= 0.6 is 0 Å². The van der Waals surface area contributed by atoms with Crippen LogP contribution in [0.5, 0.6) is 5.75 Å². The van der Waals surface area contributed by atoms with Crippen LogP contribution in [-0.2, 0) is 0 Å². The fourth-order valence-electron chi connectivity index (χ4n) is 2.44. The van der Waals surface area contributed by atoms with Crippen molar-refractivity contribution in [3.63, 3.8) is 0 Å². The van der Waals surface area contributed by atoms with Crippen molar-refractivity contribution in [2.24, 2.45) is 0 Å². The number of nitrogens with one attached hydrogen (secondary N) is 1. The lowest BCUT2D eigenvalue weighted by atomic mass is 10.0. The smallest absolute Gasteiger partial charge is 0.422 e. The number of rotatable bonds is 6. The summed E-state index contributed by atoms with van der Waals surface area (Å²) in [5.74, 6) is 0.0904. The fraction of sp³-hybridized carbons (Fsp3) is 0.600. The van der Waals surface area contributed by atoms with Crippen molar-refractivity contribution >= 4 is 0 Å². The predicted molar refractivity (Wildman–Crippen MR) is 76.9 cm³/mol. The number of halogens is 3. The Morgan fingerprint density at radius 3 is 2.59 bits per heavy atom. The van der Waals surface area contributed by atoms with E-state index in [2.05, 4.69) is 10.2 Å². The van der Waals surface area contributed by atoms with Gasteiger partial charge in [0.1, 0.15) is 5.75 Å². The first-order valence-electron chi connectivity index (χ1n) is 7.35. The summed E-state index contributed by atoms with van der Waals surface area (Å²) >= 11 is 0. The summed E-state index contributed by atoms with van der Waals surface area (Å²) in [6.45, 7) is 3.02. The second-order valence-electron chi connectivity index (χ2n) is 5.34. The number of alkyl halides is 3. The Morgan fingerprint density at radius 1 is 1.23 bits per heavy atom. The average molecular weight is 318 g/mol. The molecule has 2 rings (SSSR count). The highest BCUT2D eigenvalue weighted by Gasteiger charge is 2.29. The molecule has 1 heterocycles. The number of hydrogen-bond donors (Lipinski definition) is 2. The molecule has 0 saturated carbocycles. The van der Waals surface area contributed by atoms with Gasteiger partial charge < -0.3 is 20.1 Å². The zero-order chi connectivity index (χ0) is 16.0. The lowest BCUT2D eigenvalue weighted by Gasteiger charge is -2.28. The number of aliphatic hydroxyl groups excluding tert-OH is 1. The van der Waals surface area contributed by atoms with Crippen molar-refractivity contribution < 1.29 is 23.0 Å². The third-order valence-electron chi connectivity index (χ3n) is 3.60. The molecule has 0 aromatic heterocycles. The Kier molecular flexibility index (Phi) is 6.05. The molecule has 0 amide bonds. The van der Waals surface area contributed by atoms with Crippen molar-refractivity contribution in [3.8, 4) is 5.75 Å². The summed E-state index contributed by atoms with van der Waals surface area (Å²) in [7, 11) is 0.